The van der Waals surface area contributed by atoms with Crippen molar-refractivity contribution in [1.29, 1.82) is 0 Å². The van der Waals surface area contributed by atoms with Gasteiger partial charge in [0.1, 0.15) is 12.7 Å². The maximum Gasteiger partial charge on any atom is 0.313 e. The number of anilines is 1. The molecular formula is C21H18N6O2. The molecule has 4 rings (SSSR count). The molecule has 8 nitrogen and oxygen atoms in total. The average molecular weight is 386 g/mol. The first-order valence-electron chi connectivity index (χ1n) is 9.03. The van der Waals surface area contributed by atoms with Gasteiger partial charge in [0.15, 0.2) is 0 Å². The van der Waals surface area contributed by atoms with Gasteiger partial charge in [0.2, 0.25) is 0 Å². The van der Waals surface area contributed by atoms with E-state index in [9.17, 15) is 9.59 Å². The lowest BCUT2D eigenvalue weighted by Crippen LogP contribution is -2.39. The zero-order valence-electron chi connectivity index (χ0n) is 15.4. The molecule has 2 heterocycles. The molecule has 2 aromatic heterocycles. The van der Waals surface area contributed by atoms with E-state index in [2.05, 4.69) is 25.7 Å². The Hall–Kier alpha value is -4.07. The fourth-order valence-corrected chi connectivity index (χ4v) is 3.04. The third-order valence-corrected chi connectivity index (χ3v) is 4.43. The van der Waals surface area contributed by atoms with Crippen LogP contribution >= 0.6 is 0 Å². The monoisotopic (exact) mass is 386 g/mol. The molecule has 0 radical (unpaired) electrons. The van der Waals surface area contributed by atoms with E-state index in [1.54, 1.807) is 29.3 Å². The van der Waals surface area contributed by atoms with E-state index >= 15 is 0 Å². The molecule has 0 fully saturated rings. The summed E-state index contributed by atoms with van der Waals surface area (Å²) in [7, 11) is 0. The number of benzene rings is 2. The second-order valence-electron chi connectivity index (χ2n) is 6.39. The van der Waals surface area contributed by atoms with Gasteiger partial charge < -0.3 is 10.6 Å². The molecule has 0 aliphatic heterocycles. The lowest BCUT2D eigenvalue weighted by atomic mass is 10.1. The highest BCUT2D eigenvalue weighted by Gasteiger charge is 2.21. The first kappa shape index (κ1) is 18.3. The van der Waals surface area contributed by atoms with Gasteiger partial charge in [-0.05, 0) is 17.7 Å². The van der Waals surface area contributed by atoms with Gasteiger partial charge in [0.05, 0.1) is 23.8 Å². The smallest absolute Gasteiger partial charge is 0.313 e. The molecule has 0 aliphatic carbocycles. The van der Waals surface area contributed by atoms with Crippen molar-refractivity contribution in [2.45, 2.75) is 12.6 Å². The van der Waals surface area contributed by atoms with Crippen molar-refractivity contribution in [3.63, 3.8) is 0 Å². The van der Waals surface area contributed by atoms with E-state index in [4.69, 9.17) is 0 Å². The molecule has 0 aliphatic rings. The van der Waals surface area contributed by atoms with Crippen LogP contribution in [0.5, 0.6) is 0 Å². The lowest BCUT2D eigenvalue weighted by molar-refractivity contribution is -0.136. The minimum atomic E-state index is -0.761. The van der Waals surface area contributed by atoms with Gasteiger partial charge in [0, 0.05) is 11.6 Å². The molecule has 2 N–H and O–H groups in total. The van der Waals surface area contributed by atoms with E-state index in [1.165, 1.54) is 6.33 Å². The molecule has 0 saturated carbocycles. The maximum absolute atomic E-state index is 12.6. The predicted molar refractivity (Wildman–Crippen MR) is 108 cm³/mol. The molecule has 144 valence electrons. The fourth-order valence-electron chi connectivity index (χ4n) is 3.04. The number of pyridine rings is 1. The highest BCUT2D eigenvalue weighted by Crippen LogP contribution is 2.20. The number of nitrogens with zero attached hydrogens (tertiary/aromatic N) is 4. The normalized spacial score (nSPS) is 11.7. The van der Waals surface area contributed by atoms with Crippen LogP contribution in [0, 0.1) is 0 Å². The van der Waals surface area contributed by atoms with E-state index in [1.807, 2.05) is 48.5 Å². The zero-order valence-corrected chi connectivity index (χ0v) is 15.4. The molecule has 2 amide bonds. The number of hydrogen-bond acceptors (Lipinski definition) is 5. The molecule has 4 aromatic rings. The Morgan fingerprint density at radius 2 is 1.79 bits per heavy atom. The third kappa shape index (κ3) is 4.27. The van der Waals surface area contributed by atoms with Gasteiger partial charge in [-0.2, -0.15) is 5.10 Å². The Balaban J connectivity index is 1.51. The van der Waals surface area contributed by atoms with Crippen LogP contribution in [-0.4, -0.2) is 31.6 Å². The van der Waals surface area contributed by atoms with Crippen molar-refractivity contribution in [3.05, 3.63) is 85.1 Å². The van der Waals surface area contributed by atoms with E-state index in [0.29, 0.717) is 17.7 Å². The molecule has 29 heavy (non-hydrogen) atoms. The Morgan fingerprint density at radius 3 is 2.59 bits per heavy atom. The van der Waals surface area contributed by atoms with Gasteiger partial charge in [-0.3, -0.25) is 19.3 Å². The number of aromatic nitrogens is 4. The molecule has 0 spiro atoms. The minimum absolute atomic E-state index is 0.346. The number of fused-ring (bicyclic) bond motifs is 1. The minimum Gasteiger partial charge on any atom is -0.339 e. The summed E-state index contributed by atoms with van der Waals surface area (Å²) in [6.45, 7) is 0.346. The first-order valence-corrected chi connectivity index (χ1v) is 9.03. The molecular weight excluding hydrogens is 368 g/mol. The Bertz CT molecular complexity index is 1120. The molecule has 2 aromatic carbocycles. The second-order valence-corrected chi connectivity index (χ2v) is 6.39. The van der Waals surface area contributed by atoms with Crippen LogP contribution in [0.4, 0.5) is 5.69 Å². The average Bonchev–Trinajstić information content (AvgIpc) is 3.27. The van der Waals surface area contributed by atoms with Crippen LogP contribution in [0.3, 0.4) is 0 Å². The van der Waals surface area contributed by atoms with Crippen molar-refractivity contribution in [2.24, 2.45) is 0 Å². The first-order chi connectivity index (χ1) is 14.2. The summed E-state index contributed by atoms with van der Waals surface area (Å²) in [6, 6.07) is 18.1. The summed E-state index contributed by atoms with van der Waals surface area (Å²) in [6.07, 6.45) is 4.62. The maximum atomic E-state index is 12.6. The highest BCUT2D eigenvalue weighted by molar-refractivity contribution is 6.40. The SMILES string of the molecule is O=C(Nc1cccc2cccnc12)C(=O)N[C@@H](Cn1cncn1)c1ccccc1. The van der Waals surface area contributed by atoms with Gasteiger partial charge in [-0.15, -0.1) is 0 Å². The molecule has 0 bridgehead atoms. The van der Waals surface area contributed by atoms with Gasteiger partial charge in [0.25, 0.3) is 0 Å². The number of hydrogen-bond donors (Lipinski definition) is 2. The predicted octanol–water partition coefficient (Wildman–Crippen LogP) is 2.32. The zero-order chi connectivity index (χ0) is 20.1. The van der Waals surface area contributed by atoms with Crippen LogP contribution in [-0.2, 0) is 16.1 Å². The van der Waals surface area contributed by atoms with Crippen molar-refractivity contribution in [3.8, 4) is 0 Å². The topological polar surface area (TPSA) is 102 Å². The van der Waals surface area contributed by atoms with Crippen LogP contribution in [0.15, 0.2) is 79.5 Å². The largest absolute Gasteiger partial charge is 0.339 e. The van der Waals surface area contributed by atoms with Crippen molar-refractivity contribution in [2.75, 3.05) is 5.32 Å². The van der Waals surface area contributed by atoms with Gasteiger partial charge in [-0.1, -0.05) is 48.5 Å². The second kappa shape index (κ2) is 8.30. The van der Waals surface area contributed by atoms with Crippen LogP contribution in [0.25, 0.3) is 10.9 Å². The van der Waals surface area contributed by atoms with E-state index in [-0.39, 0.29) is 0 Å². The highest BCUT2D eigenvalue weighted by atomic mass is 16.2. The van der Waals surface area contributed by atoms with Crippen LogP contribution in [0.1, 0.15) is 11.6 Å². The van der Waals surface area contributed by atoms with Crippen molar-refractivity contribution >= 4 is 28.4 Å². The molecule has 8 heteroatoms. The summed E-state index contributed by atoms with van der Waals surface area (Å²) < 4.78 is 1.60. The molecule has 1 atom stereocenters. The van der Waals surface area contributed by atoms with Crippen molar-refractivity contribution < 1.29 is 9.59 Å². The summed E-state index contributed by atoms with van der Waals surface area (Å²) >= 11 is 0. The molecule has 0 saturated heterocycles. The van der Waals surface area contributed by atoms with Crippen molar-refractivity contribution in [1.82, 2.24) is 25.1 Å². The Kier molecular flexibility index (Phi) is 5.24. The number of rotatable bonds is 5. The van der Waals surface area contributed by atoms with Gasteiger partial charge in [-0.25, -0.2) is 4.98 Å². The van der Waals surface area contributed by atoms with E-state index < -0.39 is 17.9 Å². The van der Waals surface area contributed by atoms with Crippen LogP contribution in [0.2, 0.25) is 0 Å². The summed E-state index contributed by atoms with van der Waals surface area (Å²) in [5.41, 5.74) is 1.96. The lowest BCUT2D eigenvalue weighted by Gasteiger charge is -2.19. The Labute approximate surface area is 166 Å². The van der Waals surface area contributed by atoms with Gasteiger partial charge >= 0.3 is 11.8 Å². The Morgan fingerprint density at radius 1 is 0.966 bits per heavy atom. The molecule has 0 unspecified atom stereocenters. The summed E-state index contributed by atoms with van der Waals surface area (Å²) in [4.78, 5) is 33.4. The quantitative estimate of drug-likeness (QED) is 0.513. The number of amides is 2. The van der Waals surface area contributed by atoms with E-state index in [0.717, 1.165) is 10.9 Å². The summed E-state index contributed by atoms with van der Waals surface area (Å²) in [5, 5.41) is 10.4. The number of carbonyl (C=O) groups excluding carboxylic acids is 2. The number of carbonyl (C=O) groups is 2. The van der Waals surface area contributed by atoms with Crippen LogP contribution < -0.4 is 10.6 Å². The number of nitrogens with one attached hydrogen (secondary N) is 2. The fraction of sp³-hybridized carbons (Fsp3) is 0.0952. The third-order valence-electron chi connectivity index (χ3n) is 4.43. The standard InChI is InChI=1S/C21H18N6O2/c28-20(25-17-10-4-8-16-9-5-11-23-19(16)17)21(29)26-18(12-27-14-22-13-24-27)15-6-2-1-3-7-15/h1-11,13-14,18H,12H2,(H,25,28)(H,26,29)/t18-/m0/s1. The number of para-hydroxylation sites is 1. The summed E-state index contributed by atoms with van der Waals surface area (Å²) in [5.74, 6) is -1.51.